The van der Waals surface area contributed by atoms with Gasteiger partial charge in [0.2, 0.25) is 0 Å². The Morgan fingerprint density at radius 2 is 1.69 bits per heavy atom. The van der Waals surface area contributed by atoms with Crippen LogP contribution in [0.5, 0.6) is 5.75 Å². The number of hydrogen-bond acceptors (Lipinski definition) is 3. The second-order valence-electron chi connectivity index (χ2n) is 4.57. The quantitative estimate of drug-likeness (QED) is 0.767. The smallest absolute Gasteiger partial charge is 0.119 e. The summed E-state index contributed by atoms with van der Waals surface area (Å²) in [7, 11) is 0. The van der Waals surface area contributed by atoms with E-state index in [0.717, 1.165) is 30.8 Å². The minimum atomic E-state index is 0.353. The van der Waals surface area contributed by atoms with E-state index in [4.69, 9.17) is 16.2 Å². The molecule has 0 unspecified atom stereocenters. The topological polar surface area (TPSA) is 61.3 Å². The van der Waals surface area contributed by atoms with Gasteiger partial charge < -0.3 is 16.2 Å². The van der Waals surface area contributed by atoms with E-state index in [-0.39, 0.29) is 0 Å². The molecule has 16 heavy (non-hydrogen) atoms. The van der Waals surface area contributed by atoms with Crippen LogP contribution in [0.15, 0.2) is 24.3 Å². The molecule has 0 atom stereocenters. The van der Waals surface area contributed by atoms with Crippen LogP contribution in [0.1, 0.15) is 25.7 Å². The molecule has 1 aromatic carbocycles. The van der Waals surface area contributed by atoms with Gasteiger partial charge in [0.1, 0.15) is 5.75 Å². The van der Waals surface area contributed by atoms with Gasteiger partial charge in [0.15, 0.2) is 0 Å². The van der Waals surface area contributed by atoms with Crippen molar-refractivity contribution in [3.05, 3.63) is 24.3 Å². The summed E-state index contributed by atoms with van der Waals surface area (Å²) in [5.41, 5.74) is 12.1. The summed E-state index contributed by atoms with van der Waals surface area (Å²) in [4.78, 5) is 0. The molecule has 2 rings (SSSR count). The third kappa shape index (κ3) is 2.89. The van der Waals surface area contributed by atoms with Crippen LogP contribution in [0.4, 0.5) is 5.69 Å². The first-order valence-corrected chi connectivity index (χ1v) is 6.00. The molecular weight excluding hydrogens is 200 g/mol. The Hall–Kier alpha value is -1.22. The summed E-state index contributed by atoms with van der Waals surface area (Å²) in [6.45, 7) is 0.814. The average Bonchev–Trinajstić information content (AvgIpc) is 2.33. The molecular formula is C13H20N2O. The van der Waals surface area contributed by atoms with Crippen molar-refractivity contribution in [2.75, 3.05) is 12.3 Å². The fraction of sp³-hybridized carbons (Fsp3) is 0.538. The molecule has 1 saturated carbocycles. The van der Waals surface area contributed by atoms with E-state index >= 15 is 0 Å². The maximum atomic E-state index is 5.91. The van der Waals surface area contributed by atoms with E-state index in [1.807, 2.05) is 24.3 Å². The summed E-state index contributed by atoms with van der Waals surface area (Å²) < 4.78 is 5.91. The molecule has 3 nitrogen and oxygen atoms in total. The number of anilines is 1. The Bertz CT molecular complexity index is 315. The number of nitrogens with two attached hydrogens (primary N) is 2. The zero-order valence-corrected chi connectivity index (χ0v) is 9.56. The van der Waals surface area contributed by atoms with E-state index in [0.29, 0.717) is 12.0 Å². The molecule has 4 N–H and O–H groups in total. The zero-order valence-electron chi connectivity index (χ0n) is 9.56. The van der Waals surface area contributed by atoms with Crippen molar-refractivity contribution in [1.82, 2.24) is 0 Å². The number of ether oxygens (including phenoxy) is 1. The monoisotopic (exact) mass is 220 g/mol. The third-order valence-electron chi connectivity index (χ3n) is 3.31. The fourth-order valence-electron chi connectivity index (χ4n) is 2.22. The molecule has 1 aliphatic carbocycles. The molecule has 0 amide bonds. The first-order valence-electron chi connectivity index (χ1n) is 6.00. The minimum absolute atomic E-state index is 0.353. The zero-order chi connectivity index (χ0) is 11.4. The average molecular weight is 220 g/mol. The van der Waals surface area contributed by atoms with Crippen molar-refractivity contribution in [2.24, 2.45) is 11.7 Å². The van der Waals surface area contributed by atoms with Crippen LogP contribution in [0.3, 0.4) is 0 Å². The summed E-state index contributed by atoms with van der Waals surface area (Å²) >= 11 is 0. The lowest BCUT2D eigenvalue weighted by atomic mass is 9.87. The highest BCUT2D eigenvalue weighted by Crippen LogP contribution is 2.27. The summed E-state index contributed by atoms with van der Waals surface area (Å²) in [6.07, 6.45) is 4.97. The van der Waals surface area contributed by atoms with Gasteiger partial charge in [0, 0.05) is 5.69 Å². The van der Waals surface area contributed by atoms with Crippen LogP contribution >= 0.6 is 0 Å². The Morgan fingerprint density at radius 3 is 2.25 bits per heavy atom. The maximum absolute atomic E-state index is 5.91. The van der Waals surface area contributed by atoms with Gasteiger partial charge in [-0.05, 0) is 62.4 Å². The van der Waals surface area contributed by atoms with Crippen molar-refractivity contribution in [1.29, 1.82) is 0 Å². The lowest BCUT2D eigenvalue weighted by Gasteiger charge is -2.28. The first-order chi connectivity index (χ1) is 7.78. The predicted molar refractivity (Wildman–Crippen MR) is 66.3 cm³/mol. The lowest BCUT2D eigenvalue weighted by Crippen LogP contribution is -2.27. The van der Waals surface area contributed by atoms with E-state index < -0.39 is 0 Å². The maximum Gasteiger partial charge on any atom is 0.119 e. The van der Waals surface area contributed by atoms with Gasteiger partial charge >= 0.3 is 0 Å². The highest BCUT2D eigenvalue weighted by Gasteiger charge is 2.21. The summed E-state index contributed by atoms with van der Waals surface area (Å²) in [6, 6.07) is 7.62. The summed E-state index contributed by atoms with van der Waals surface area (Å²) in [5, 5.41) is 0. The van der Waals surface area contributed by atoms with Crippen molar-refractivity contribution >= 4 is 5.69 Å². The largest absolute Gasteiger partial charge is 0.490 e. The standard InChI is InChI=1S/C13H20N2O/c14-9-10-1-5-12(6-2-10)16-13-7-3-11(15)4-8-13/h3-4,7-8,10,12H,1-2,5-6,9,14-15H2. The van der Waals surface area contributed by atoms with Gasteiger partial charge in [-0.3, -0.25) is 0 Å². The molecule has 0 aromatic heterocycles. The molecule has 0 radical (unpaired) electrons. The third-order valence-corrected chi connectivity index (χ3v) is 3.31. The Labute approximate surface area is 96.8 Å². The first kappa shape index (κ1) is 11.3. The molecule has 88 valence electrons. The van der Waals surface area contributed by atoms with Crippen molar-refractivity contribution in [3.63, 3.8) is 0 Å². The highest BCUT2D eigenvalue weighted by molar-refractivity contribution is 5.41. The van der Waals surface area contributed by atoms with E-state index in [1.54, 1.807) is 0 Å². The van der Waals surface area contributed by atoms with Crippen LogP contribution in [-0.4, -0.2) is 12.6 Å². The van der Waals surface area contributed by atoms with E-state index in [2.05, 4.69) is 0 Å². The molecule has 0 saturated heterocycles. The van der Waals surface area contributed by atoms with Crippen molar-refractivity contribution in [2.45, 2.75) is 31.8 Å². The van der Waals surface area contributed by atoms with Crippen LogP contribution in [0, 0.1) is 5.92 Å². The number of rotatable bonds is 3. The Kier molecular flexibility index (Phi) is 3.67. The molecule has 1 aromatic rings. The number of hydrogen-bond donors (Lipinski definition) is 2. The number of benzene rings is 1. The second-order valence-corrected chi connectivity index (χ2v) is 4.57. The van der Waals surface area contributed by atoms with E-state index in [9.17, 15) is 0 Å². The van der Waals surface area contributed by atoms with Crippen LogP contribution in [-0.2, 0) is 0 Å². The summed E-state index contributed by atoms with van der Waals surface area (Å²) in [5.74, 6) is 1.62. The normalized spacial score (nSPS) is 25.3. The van der Waals surface area contributed by atoms with Gasteiger partial charge in [0.05, 0.1) is 6.10 Å². The molecule has 0 bridgehead atoms. The lowest BCUT2D eigenvalue weighted by molar-refractivity contribution is 0.133. The fourth-order valence-corrected chi connectivity index (χ4v) is 2.22. The predicted octanol–water partition coefficient (Wildman–Crippen LogP) is 2.17. The van der Waals surface area contributed by atoms with Crippen LogP contribution in [0.25, 0.3) is 0 Å². The van der Waals surface area contributed by atoms with Crippen molar-refractivity contribution < 1.29 is 4.74 Å². The molecule has 1 aliphatic rings. The Morgan fingerprint density at radius 1 is 1.06 bits per heavy atom. The van der Waals surface area contributed by atoms with Gasteiger partial charge in [-0.15, -0.1) is 0 Å². The van der Waals surface area contributed by atoms with Gasteiger partial charge in [0.25, 0.3) is 0 Å². The molecule has 1 fully saturated rings. The van der Waals surface area contributed by atoms with Crippen LogP contribution in [0.2, 0.25) is 0 Å². The molecule has 0 aliphatic heterocycles. The van der Waals surface area contributed by atoms with Crippen molar-refractivity contribution in [3.8, 4) is 5.75 Å². The number of nitrogen functional groups attached to an aromatic ring is 1. The van der Waals surface area contributed by atoms with E-state index in [1.165, 1.54) is 12.8 Å². The SMILES string of the molecule is NCC1CCC(Oc2ccc(N)cc2)CC1. The van der Waals surface area contributed by atoms with Gasteiger partial charge in [-0.2, -0.15) is 0 Å². The highest BCUT2D eigenvalue weighted by atomic mass is 16.5. The van der Waals surface area contributed by atoms with Gasteiger partial charge in [-0.25, -0.2) is 0 Å². The molecule has 3 heteroatoms. The Balaban J connectivity index is 1.84. The minimum Gasteiger partial charge on any atom is -0.490 e. The molecule has 0 spiro atoms. The second kappa shape index (κ2) is 5.21. The van der Waals surface area contributed by atoms with Gasteiger partial charge in [-0.1, -0.05) is 0 Å². The van der Waals surface area contributed by atoms with Crippen LogP contribution < -0.4 is 16.2 Å². The molecule has 0 heterocycles.